The highest BCUT2D eigenvalue weighted by Gasteiger charge is 2.20. The third-order valence-electron chi connectivity index (χ3n) is 3.05. The van der Waals surface area contributed by atoms with Crippen molar-refractivity contribution in [3.63, 3.8) is 0 Å². The summed E-state index contributed by atoms with van der Waals surface area (Å²) in [6, 6.07) is 4.24. The number of benzene rings is 1. The number of methoxy groups -OCH3 is 1. The number of carbonyl (C=O) groups is 2. The van der Waals surface area contributed by atoms with Crippen molar-refractivity contribution in [2.45, 2.75) is 18.9 Å². The SMILES string of the molecule is COCCC(NC(=O)Cc1ccc2c(c1)OCO2)C(=O)O. The summed E-state index contributed by atoms with van der Waals surface area (Å²) in [5.74, 6) is -0.208. The van der Waals surface area contributed by atoms with Crippen LogP contribution in [-0.2, 0) is 20.7 Å². The number of hydrogen-bond acceptors (Lipinski definition) is 5. The molecule has 7 heteroatoms. The average Bonchev–Trinajstić information content (AvgIpc) is 2.90. The fraction of sp³-hybridized carbons (Fsp3) is 0.429. The molecule has 1 amide bonds. The van der Waals surface area contributed by atoms with E-state index in [0.29, 0.717) is 11.5 Å². The van der Waals surface area contributed by atoms with Crippen molar-refractivity contribution in [3.05, 3.63) is 23.8 Å². The van der Waals surface area contributed by atoms with Crippen molar-refractivity contribution in [3.8, 4) is 11.5 Å². The van der Waals surface area contributed by atoms with Crippen LogP contribution in [-0.4, -0.2) is 43.5 Å². The van der Waals surface area contributed by atoms with Crippen molar-refractivity contribution in [1.29, 1.82) is 0 Å². The number of carboxylic acids is 1. The first-order chi connectivity index (χ1) is 10.1. The second-order valence-corrected chi connectivity index (χ2v) is 4.60. The monoisotopic (exact) mass is 295 g/mol. The van der Waals surface area contributed by atoms with Gasteiger partial charge in [-0.15, -0.1) is 0 Å². The lowest BCUT2D eigenvalue weighted by atomic mass is 10.1. The van der Waals surface area contributed by atoms with Gasteiger partial charge in [0, 0.05) is 20.1 Å². The van der Waals surface area contributed by atoms with E-state index in [1.807, 2.05) is 0 Å². The van der Waals surface area contributed by atoms with Crippen molar-refractivity contribution < 1.29 is 28.9 Å². The molecule has 1 aliphatic heterocycles. The van der Waals surface area contributed by atoms with Crippen LogP contribution in [0.3, 0.4) is 0 Å². The van der Waals surface area contributed by atoms with Crippen molar-refractivity contribution in [2.75, 3.05) is 20.5 Å². The molecule has 0 saturated carbocycles. The standard InChI is InChI=1S/C14H17NO6/c1-19-5-4-10(14(17)18)15-13(16)7-9-2-3-11-12(6-9)21-8-20-11/h2-3,6,10H,4-5,7-8H2,1H3,(H,15,16)(H,17,18). The summed E-state index contributed by atoms with van der Waals surface area (Å²) < 4.78 is 15.2. The van der Waals surface area contributed by atoms with Gasteiger partial charge in [-0.2, -0.15) is 0 Å². The Kier molecular flexibility index (Phi) is 4.99. The molecular weight excluding hydrogens is 278 g/mol. The minimum absolute atomic E-state index is 0.0768. The third-order valence-corrected chi connectivity index (χ3v) is 3.05. The Morgan fingerprint density at radius 2 is 2.14 bits per heavy atom. The van der Waals surface area contributed by atoms with E-state index in [9.17, 15) is 9.59 Å². The number of nitrogens with one attached hydrogen (secondary N) is 1. The smallest absolute Gasteiger partial charge is 0.326 e. The van der Waals surface area contributed by atoms with Crippen LogP contribution >= 0.6 is 0 Å². The lowest BCUT2D eigenvalue weighted by Crippen LogP contribution is -2.42. The van der Waals surface area contributed by atoms with Gasteiger partial charge >= 0.3 is 5.97 Å². The Balaban J connectivity index is 1.92. The van der Waals surface area contributed by atoms with Gasteiger partial charge in [-0.3, -0.25) is 4.79 Å². The summed E-state index contributed by atoms with van der Waals surface area (Å²) in [6.45, 7) is 0.435. The molecule has 1 unspecified atom stereocenters. The first kappa shape index (κ1) is 15.1. The van der Waals surface area contributed by atoms with Crippen LogP contribution in [0.4, 0.5) is 0 Å². The molecule has 1 aromatic carbocycles. The van der Waals surface area contributed by atoms with Crippen LogP contribution in [0, 0.1) is 0 Å². The highest BCUT2D eigenvalue weighted by atomic mass is 16.7. The van der Waals surface area contributed by atoms with E-state index in [1.165, 1.54) is 7.11 Å². The van der Waals surface area contributed by atoms with Gasteiger partial charge in [-0.05, 0) is 17.7 Å². The van der Waals surface area contributed by atoms with Crippen LogP contribution in [0.1, 0.15) is 12.0 Å². The summed E-state index contributed by atoms with van der Waals surface area (Å²) in [5, 5.41) is 11.5. The maximum Gasteiger partial charge on any atom is 0.326 e. The molecule has 2 rings (SSSR count). The number of amides is 1. The molecule has 0 aliphatic carbocycles. The molecular formula is C14H17NO6. The number of ether oxygens (including phenoxy) is 3. The zero-order chi connectivity index (χ0) is 15.2. The molecule has 114 valence electrons. The van der Waals surface area contributed by atoms with Crippen LogP contribution in [0.15, 0.2) is 18.2 Å². The number of rotatable bonds is 7. The summed E-state index contributed by atoms with van der Waals surface area (Å²) in [6.07, 6.45) is 0.298. The first-order valence-electron chi connectivity index (χ1n) is 6.50. The van der Waals surface area contributed by atoms with Gasteiger partial charge < -0.3 is 24.6 Å². The zero-order valence-electron chi connectivity index (χ0n) is 11.6. The molecule has 1 aliphatic rings. The Labute approximate surface area is 121 Å². The molecule has 0 aromatic heterocycles. The molecule has 2 N–H and O–H groups in total. The predicted molar refractivity (Wildman–Crippen MR) is 72.3 cm³/mol. The lowest BCUT2D eigenvalue weighted by Gasteiger charge is -2.14. The minimum Gasteiger partial charge on any atom is -0.480 e. The molecule has 7 nitrogen and oxygen atoms in total. The molecule has 1 heterocycles. The minimum atomic E-state index is -1.08. The van der Waals surface area contributed by atoms with E-state index in [1.54, 1.807) is 18.2 Å². The van der Waals surface area contributed by atoms with E-state index in [2.05, 4.69) is 5.32 Å². The Morgan fingerprint density at radius 3 is 2.86 bits per heavy atom. The Hall–Kier alpha value is -2.28. The fourth-order valence-electron chi connectivity index (χ4n) is 1.97. The number of carbonyl (C=O) groups excluding carboxylic acids is 1. The maximum atomic E-state index is 11.9. The molecule has 0 radical (unpaired) electrons. The van der Waals surface area contributed by atoms with Gasteiger partial charge in [0.25, 0.3) is 0 Å². The highest BCUT2D eigenvalue weighted by Crippen LogP contribution is 2.32. The predicted octanol–water partition coefficient (Wildman–Crippen LogP) is 0.564. The number of hydrogen-bond donors (Lipinski definition) is 2. The lowest BCUT2D eigenvalue weighted by molar-refractivity contribution is -0.142. The molecule has 21 heavy (non-hydrogen) atoms. The van der Waals surface area contributed by atoms with E-state index < -0.39 is 12.0 Å². The van der Waals surface area contributed by atoms with E-state index in [4.69, 9.17) is 19.3 Å². The number of fused-ring (bicyclic) bond motifs is 1. The van der Waals surface area contributed by atoms with Crippen molar-refractivity contribution >= 4 is 11.9 Å². The number of carboxylic acid groups (broad SMARTS) is 1. The molecule has 0 fully saturated rings. The summed E-state index contributed by atoms with van der Waals surface area (Å²) in [5.41, 5.74) is 0.729. The van der Waals surface area contributed by atoms with Crippen molar-refractivity contribution in [1.82, 2.24) is 5.32 Å². The second kappa shape index (κ2) is 6.94. The summed E-state index contributed by atoms with van der Waals surface area (Å²) in [7, 11) is 1.48. The molecule has 1 atom stereocenters. The zero-order valence-corrected chi connectivity index (χ0v) is 11.6. The maximum absolute atomic E-state index is 11.9. The topological polar surface area (TPSA) is 94.1 Å². The van der Waals surface area contributed by atoms with E-state index in [-0.39, 0.29) is 32.1 Å². The molecule has 0 spiro atoms. The second-order valence-electron chi connectivity index (χ2n) is 4.60. The van der Waals surface area contributed by atoms with Gasteiger partial charge in [0.1, 0.15) is 6.04 Å². The van der Waals surface area contributed by atoms with Gasteiger partial charge in [0.2, 0.25) is 12.7 Å². The normalized spacial score (nSPS) is 13.8. The van der Waals surface area contributed by atoms with Crippen LogP contribution in [0.5, 0.6) is 11.5 Å². The van der Waals surface area contributed by atoms with E-state index in [0.717, 1.165) is 5.56 Å². The van der Waals surface area contributed by atoms with Gasteiger partial charge in [0.15, 0.2) is 11.5 Å². The van der Waals surface area contributed by atoms with Crippen molar-refractivity contribution in [2.24, 2.45) is 0 Å². The fourth-order valence-corrected chi connectivity index (χ4v) is 1.97. The molecule has 1 aromatic rings. The summed E-state index contributed by atoms with van der Waals surface area (Å²) in [4.78, 5) is 22.9. The largest absolute Gasteiger partial charge is 0.480 e. The van der Waals surface area contributed by atoms with E-state index >= 15 is 0 Å². The first-order valence-corrected chi connectivity index (χ1v) is 6.50. The summed E-state index contributed by atoms with van der Waals surface area (Å²) >= 11 is 0. The highest BCUT2D eigenvalue weighted by molar-refractivity contribution is 5.84. The van der Waals surface area contributed by atoms with Crippen LogP contribution in [0.2, 0.25) is 0 Å². The number of aliphatic carboxylic acids is 1. The molecule has 0 bridgehead atoms. The Morgan fingerprint density at radius 1 is 1.38 bits per heavy atom. The van der Waals surface area contributed by atoms with Gasteiger partial charge in [-0.1, -0.05) is 6.07 Å². The van der Waals surface area contributed by atoms with Gasteiger partial charge in [-0.25, -0.2) is 4.79 Å². The third kappa shape index (κ3) is 4.09. The molecule has 0 saturated heterocycles. The van der Waals surface area contributed by atoms with Crippen LogP contribution in [0.25, 0.3) is 0 Å². The quantitative estimate of drug-likeness (QED) is 0.763. The average molecular weight is 295 g/mol. The Bertz CT molecular complexity index is 530. The van der Waals surface area contributed by atoms with Crippen LogP contribution < -0.4 is 14.8 Å². The van der Waals surface area contributed by atoms with Gasteiger partial charge in [0.05, 0.1) is 6.42 Å².